The number of benzene rings is 1. The molecule has 1 aromatic rings. The lowest BCUT2D eigenvalue weighted by Gasteiger charge is -2.27. The molecule has 1 aliphatic heterocycles. The number of carbonyl (C=O) groups excluding carboxylic acids is 1. The van der Waals surface area contributed by atoms with Crippen LogP contribution < -0.4 is 11.1 Å². The minimum atomic E-state index is -0.607. The highest BCUT2D eigenvalue weighted by atomic mass is 19.1. The molecule has 0 spiro atoms. The van der Waals surface area contributed by atoms with E-state index >= 15 is 0 Å². The number of amidine groups is 1. The largest absolute Gasteiger partial charge is 0.384 e. The highest BCUT2D eigenvalue weighted by Gasteiger charge is 2.19. The van der Waals surface area contributed by atoms with Gasteiger partial charge in [0.1, 0.15) is 11.7 Å². The van der Waals surface area contributed by atoms with Crippen molar-refractivity contribution in [2.45, 2.75) is 19.3 Å². The molecule has 1 aliphatic rings. The van der Waals surface area contributed by atoms with Gasteiger partial charge in [0.25, 0.3) is 0 Å². The highest BCUT2D eigenvalue weighted by molar-refractivity contribution is 6.04. The molecule has 1 heterocycles. The van der Waals surface area contributed by atoms with Crippen LogP contribution in [0.4, 0.5) is 14.9 Å². The third-order valence-corrected chi connectivity index (χ3v) is 3.17. The molecule has 1 fully saturated rings. The van der Waals surface area contributed by atoms with E-state index in [2.05, 4.69) is 5.32 Å². The van der Waals surface area contributed by atoms with E-state index in [1.165, 1.54) is 12.1 Å². The van der Waals surface area contributed by atoms with Crippen molar-refractivity contribution in [1.29, 1.82) is 5.41 Å². The molecule has 0 atom stereocenters. The Morgan fingerprint density at radius 1 is 1.32 bits per heavy atom. The number of hydrogen-bond acceptors (Lipinski definition) is 2. The summed E-state index contributed by atoms with van der Waals surface area (Å²) >= 11 is 0. The van der Waals surface area contributed by atoms with Crippen molar-refractivity contribution in [2.24, 2.45) is 5.73 Å². The maximum Gasteiger partial charge on any atom is 0.321 e. The molecule has 19 heavy (non-hydrogen) atoms. The van der Waals surface area contributed by atoms with Gasteiger partial charge in [0, 0.05) is 13.1 Å². The first-order valence-corrected chi connectivity index (χ1v) is 6.28. The number of piperidine rings is 1. The van der Waals surface area contributed by atoms with Gasteiger partial charge in [-0.25, -0.2) is 9.18 Å². The second kappa shape index (κ2) is 5.69. The van der Waals surface area contributed by atoms with Crippen molar-refractivity contribution in [3.63, 3.8) is 0 Å². The summed E-state index contributed by atoms with van der Waals surface area (Å²) in [5.41, 5.74) is 5.52. The van der Waals surface area contributed by atoms with Crippen LogP contribution in [0, 0.1) is 11.2 Å². The molecule has 102 valence electrons. The summed E-state index contributed by atoms with van der Waals surface area (Å²) in [6.07, 6.45) is 3.09. The van der Waals surface area contributed by atoms with E-state index in [4.69, 9.17) is 11.1 Å². The predicted octanol–water partition coefficient (Wildman–Crippen LogP) is 2.13. The van der Waals surface area contributed by atoms with Gasteiger partial charge in [0.15, 0.2) is 0 Å². The first-order chi connectivity index (χ1) is 9.09. The zero-order chi connectivity index (χ0) is 13.8. The van der Waals surface area contributed by atoms with Crippen LogP contribution in [-0.2, 0) is 0 Å². The van der Waals surface area contributed by atoms with Crippen LogP contribution in [0.15, 0.2) is 18.2 Å². The molecule has 1 aromatic carbocycles. The summed E-state index contributed by atoms with van der Waals surface area (Å²) in [5.74, 6) is -1.00. The van der Waals surface area contributed by atoms with Crippen LogP contribution in [0.1, 0.15) is 24.8 Å². The van der Waals surface area contributed by atoms with Crippen molar-refractivity contribution in [2.75, 3.05) is 18.4 Å². The second-order valence-electron chi connectivity index (χ2n) is 4.55. The predicted molar refractivity (Wildman–Crippen MR) is 71.9 cm³/mol. The summed E-state index contributed by atoms with van der Waals surface area (Å²) in [6.45, 7) is 1.41. The lowest BCUT2D eigenvalue weighted by molar-refractivity contribution is 0.200. The van der Waals surface area contributed by atoms with Gasteiger partial charge in [-0.3, -0.25) is 5.41 Å². The van der Waals surface area contributed by atoms with Crippen LogP contribution in [-0.4, -0.2) is 29.9 Å². The lowest BCUT2D eigenvalue weighted by Crippen LogP contribution is -2.39. The van der Waals surface area contributed by atoms with Crippen LogP contribution in [0.2, 0.25) is 0 Å². The van der Waals surface area contributed by atoms with Gasteiger partial charge in [0.2, 0.25) is 0 Å². The van der Waals surface area contributed by atoms with E-state index in [9.17, 15) is 9.18 Å². The number of likely N-dealkylation sites (tertiary alicyclic amines) is 1. The number of rotatable bonds is 2. The third kappa shape index (κ3) is 3.01. The molecule has 0 aliphatic carbocycles. The van der Waals surface area contributed by atoms with Crippen LogP contribution in [0.3, 0.4) is 0 Å². The van der Waals surface area contributed by atoms with Crippen molar-refractivity contribution in [3.05, 3.63) is 29.6 Å². The number of amides is 2. The Morgan fingerprint density at radius 2 is 2.00 bits per heavy atom. The fourth-order valence-electron chi connectivity index (χ4n) is 2.19. The van der Waals surface area contributed by atoms with E-state index in [1.807, 2.05) is 0 Å². The molecule has 0 radical (unpaired) electrons. The molecule has 1 saturated heterocycles. The van der Waals surface area contributed by atoms with E-state index in [0.717, 1.165) is 19.3 Å². The number of carbonyl (C=O) groups is 1. The highest BCUT2D eigenvalue weighted by Crippen LogP contribution is 2.19. The van der Waals surface area contributed by atoms with Crippen LogP contribution >= 0.6 is 0 Å². The summed E-state index contributed by atoms with van der Waals surface area (Å²) < 4.78 is 13.6. The van der Waals surface area contributed by atoms with E-state index in [0.29, 0.717) is 13.1 Å². The molecular formula is C13H17FN4O. The van der Waals surface area contributed by atoms with Gasteiger partial charge in [-0.1, -0.05) is 6.07 Å². The first-order valence-electron chi connectivity index (χ1n) is 6.28. The maximum atomic E-state index is 13.6. The zero-order valence-electron chi connectivity index (χ0n) is 10.6. The van der Waals surface area contributed by atoms with E-state index in [-0.39, 0.29) is 17.3 Å². The van der Waals surface area contributed by atoms with Crippen LogP contribution in [0.5, 0.6) is 0 Å². The van der Waals surface area contributed by atoms with Crippen LogP contribution in [0.25, 0.3) is 0 Å². The van der Waals surface area contributed by atoms with Gasteiger partial charge in [-0.2, -0.15) is 0 Å². The lowest BCUT2D eigenvalue weighted by atomic mass is 10.1. The van der Waals surface area contributed by atoms with Gasteiger partial charge < -0.3 is 16.0 Å². The molecule has 6 heteroatoms. The Hall–Kier alpha value is -2.11. The standard InChI is InChI=1S/C13H17FN4O/c14-9-5-4-6-10(11(9)12(15)16)17-13(19)18-7-2-1-3-8-18/h4-6H,1-3,7-8H2,(H3,15,16)(H,17,19). The molecular weight excluding hydrogens is 247 g/mol. The number of anilines is 1. The maximum absolute atomic E-state index is 13.6. The van der Waals surface area contributed by atoms with Crippen molar-refractivity contribution in [3.8, 4) is 0 Å². The summed E-state index contributed by atoms with van der Waals surface area (Å²) in [6, 6.07) is 3.97. The molecule has 2 rings (SSSR count). The molecule has 0 aromatic heterocycles. The van der Waals surface area contributed by atoms with Gasteiger partial charge >= 0.3 is 6.03 Å². The first kappa shape index (κ1) is 13.3. The Bertz CT molecular complexity index is 497. The monoisotopic (exact) mass is 264 g/mol. The fourth-order valence-corrected chi connectivity index (χ4v) is 2.19. The SMILES string of the molecule is N=C(N)c1c(F)cccc1NC(=O)N1CCCCC1. The number of halogens is 1. The third-order valence-electron chi connectivity index (χ3n) is 3.17. The summed E-state index contributed by atoms with van der Waals surface area (Å²) in [5, 5.41) is 10.0. The Morgan fingerprint density at radius 3 is 2.63 bits per heavy atom. The summed E-state index contributed by atoms with van der Waals surface area (Å²) in [7, 11) is 0. The summed E-state index contributed by atoms with van der Waals surface area (Å²) in [4.78, 5) is 13.7. The smallest absolute Gasteiger partial charge is 0.321 e. The quantitative estimate of drug-likeness (QED) is 0.565. The van der Waals surface area contributed by atoms with E-state index < -0.39 is 11.7 Å². The van der Waals surface area contributed by atoms with Crippen molar-refractivity contribution in [1.82, 2.24) is 4.90 Å². The number of nitrogen functional groups attached to an aromatic ring is 1. The normalized spacial score (nSPS) is 15.1. The zero-order valence-corrected chi connectivity index (χ0v) is 10.6. The average molecular weight is 264 g/mol. The molecule has 2 amide bonds. The van der Waals surface area contributed by atoms with Gasteiger partial charge in [-0.05, 0) is 31.4 Å². The number of hydrogen-bond donors (Lipinski definition) is 3. The Kier molecular flexibility index (Phi) is 3.99. The minimum absolute atomic E-state index is 0.0622. The Labute approximate surface area is 111 Å². The Balaban J connectivity index is 2.16. The topological polar surface area (TPSA) is 82.2 Å². The van der Waals surface area contributed by atoms with Crippen molar-refractivity contribution >= 4 is 17.6 Å². The number of nitrogens with one attached hydrogen (secondary N) is 2. The minimum Gasteiger partial charge on any atom is -0.384 e. The molecule has 0 unspecified atom stereocenters. The molecule has 4 N–H and O–H groups in total. The average Bonchev–Trinajstić information content (AvgIpc) is 2.39. The van der Waals surface area contributed by atoms with Gasteiger partial charge in [0.05, 0.1) is 11.3 Å². The second-order valence-corrected chi connectivity index (χ2v) is 4.55. The van der Waals surface area contributed by atoms with Crippen molar-refractivity contribution < 1.29 is 9.18 Å². The molecule has 5 nitrogen and oxygen atoms in total. The van der Waals surface area contributed by atoms with Gasteiger partial charge in [-0.15, -0.1) is 0 Å². The van der Waals surface area contributed by atoms with E-state index in [1.54, 1.807) is 11.0 Å². The molecule has 0 saturated carbocycles. The number of nitrogens with zero attached hydrogens (tertiary/aromatic N) is 1. The number of nitrogens with two attached hydrogens (primary N) is 1. The molecule has 0 bridgehead atoms. The fraction of sp³-hybridized carbons (Fsp3) is 0.385. The number of urea groups is 1.